The average molecular weight is 368 g/mol. The number of rotatable bonds is 4. The molecule has 1 amide bonds. The number of nitrogens with zero attached hydrogens (tertiary/aromatic N) is 5. The number of fused-ring (bicyclic) bond motifs is 2. The largest absolute Gasteiger partial charge is 0.349 e. The molecule has 0 aliphatic rings. The van der Waals surface area contributed by atoms with Gasteiger partial charge in [0.1, 0.15) is 11.6 Å². The number of aromatic nitrogens is 5. The first-order chi connectivity index (χ1) is 12.5. The van der Waals surface area contributed by atoms with E-state index in [4.69, 9.17) is 0 Å². The number of aryl methyl sites for hydroxylation is 2. The van der Waals surface area contributed by atoms with Gasteiger partial charge >= 0.3 is 0 Å². The first kappa shape index (κ1) is 16.4. The Hall–Kier alpha value is -3.07. The summed E-state index contributed by atoms with van der Waals surface area (Å²) in [6.07, 6.45) is 1.78. The van der Waals surface area contributed by atoms with Crippen molar-refractivity contribution in [3.8, 4) is 0 Å². The normalized spacial score (nSPS) is 11.3. The molecule has 8 nitrogen and oxygen atoms in total. The molecule has 0 saturated heterocycles. The van der Waals surface area contributed by atoms with Crippen LogP contribution < -0.4 is 10.9 Å². The summed E-state index contributed by atoms with van der Waals surface area (Å²) in [6.45, 7) is 3.87. The van der Waals surface area contributed by atoms with Crippen LogP contribution in [-0.4, -0.2) is 30.3 Å². The third-order valence-electron chi connectivity index (χ3n) is 4.01. The van der Waals surface area contributed by atoms with E-state index >= 15 is 0 Å². The zero-order valence-electron chi connectivity index (χ0n) is 14.3. The zero-order valence-corrected chi connectivity index (χ0v) is 15.1. The van der Waals surface area contributed by atoms with Crippen LogP contribution in [0.1, 0.15) is 16.4 Å². The molecule has 0 bridgehead atoms. The van der Waals surface area contributed by atoms with Gasteiger partial charge in [0.05, 0.1) is 29.5 Å². The van der Waals surface area contributed by atoms with Crippen LogP contribution in [0.3, 0.4) is 0 Å². The monoisotopic (exact) mass is 368 g/mol. The molecule has 0 aliphatic carbocycles. The van der Waals surface area contributed by atoms with Crippen molar-refractivity contribution in [2.24, 2.45) is 0 Å². The summed E-state index contributed by atoms with van der Waals surface area (Å²) in [5.41, 5.74) is 1.15. The highest BCUT2D eigenvalue weighted by molar-refractivity contribution is 7.16. The van der Waals surface area contributed by atoms with Crippen LogP contribution in [0.25, 0.3) is 15.7 Å². The molecule has 1 aromatic carbocycles. The maximum absolute atomic E-state index is 12.5. The van der Waals surface area contributed by atoms with Crippen molar-refractivity contribution < 1.29 is 4.79 Å². The Labute approximate surface area is 152 Å². The van der Waals surface area contributed by atoms with E-state index in [9.17, 15) is 9.59 Å². The maximum atomic E-state index is 12.5. The summed E-state index contributed by atoms with van der Waals surface area (Å²) in [7, 11) is 0. The van der Waals surface area contributed by atoms with E-state index in [-0.39, 0.29) is 24.6 Å². The number of carbonyl (C=O) groups is 1. The first-order valence-corrected chi connectivity index (χ1v) is 8.88. The third-order valence-corrected chi connectivity index (χ3v) is 4.84. The molecule has 1 N–H and O–H groups in total. The number of nitrogens with one attached hydrogen (secondary N) is 1. The van der Waals surface area contributed by atoms with Crippen LogP contribution >= 0.6 is 11.3 Å². The number of imidazole rings is 1. The summed E-state index contributed by atoms with van der Waals surface area (Å²) in [5.74, 6) is -0.297. The van der Waals surface area contributed by atoms with Gasteiger partial charge in [-0.05, 0) is 19.9 Å². The summed E-state index contributed by atoms with van der Waals surface area (Å²) in [6, 6.07) is 7.25. The molecular formula is C17H16N6O2S. The topological polar surface area (TPSA) is 94.2 Å². The van der Waals surface area contributed by atoms with Crippen molar-refractivity contribution in [2.45, 2.75) is 26.9 Å². The van der Waals surface area contributed by atoms with Crippen LogP contribution in [0.4, 0.5) is 0 Å². The fourth-order valence-electron chi connectivity index (χ4n) is 2.82. The van der Waals surface area contributed by atoms with Gasteiger partial charge in [0.15, 0.2) is 0 Å². The Morgan fingerprint density at radius 3 is 2.73 bits per heavy atom. The summed E-state index contributed by atoms with van der Waals surface area (Å²) < 4.78 is 2.89. The molecule has 26 heavy (non-hydrogen) atoms. The number of hydrogen-bond acceptors (Lipinski definition) is 6. The second-order valence-electron chi connectivity index (χ2n) is 5.95. The smallest absolute Gasteiger partial charge is 0.275 e. The molecule has 132 valence electrons. The minimum atomic E-state index is -0.297. The molecule has 0 unspecified atom stereocenters. The van der Waals surface area contributed by atoms with Gasteiger partial charge in [-0.2, -0.15) is 10.2 Å². The summed E-state index contributed by atoms with van der Waals surface area (Å²) in [5, 5.41) is 13.6. The van der Waals surface area contributed by atoms with E-state index in [2.05, 4.69) is 20.5 Å². The molecule has 0 fully saturated rings. The Morgan fingerprint density at radius 1 is 1.19 bits per heavy atom. The van der Waals surface area contributed by atoms with Gasteiger partial charge < -0.3 is 5.32 Å². The molecule has 0 spiro atoms. The van der Waals surface area contributed by atoms with Gasteiger partial charge in [-0.25, -0.2) is 14.2 Å². The van der Waals surface area contributed by atoms with Crippen LogP contribution in [0.15, 0.2) is 35.3 Å². The lowest BCUT2D eigenvalue weighted by Crippen LogP contribution is -2.33. The molecule has 0 radical (unpaired) electrons. The van der Waals surface area contributed by atoms with Crippen LogP contribution in [0, 0.1) is 13.8 Å². The lowest BCUT2D eigenvalue weighted by molar-refractivity contribution is -0.122. The van der Waals surface area contributed by atoms with E-state index in [1.165, 1.54) is 16.0 Å². The maximum Gasteiger partial charge on any atom is 0.275 e. The molecule has 4 aromatic rings. The molecule has 3 heterocycles. The van der Waals surface area contributed by atoms with Gasteiger partial charge in [0, 0.05) is 5.39 Å². The lowest BCUT2D eigenvalue weighted by atomic mass is 10.1. The molecule has 0 aliphatic heterocycles. The highest BCUT2D eigenvalue weighted by atomic mass is 32.1. The molecule has 4 rings (SSSR count). The lowest BCUT2D eigenvalue weighted by Gasteiger charge is -2.08. The SMILES string of the molecule is Cc1nn2cc(CNC(=O)Cn3nc(C)c4ccccc4c3=O)nc2s1. The van der Waals surface area contributed by atoms with E-state index in [1.54, 1.807) is 22.8 Å². The Morgan fingerprint density at radius 2 is 1.96 bits per heavy atom. The van der Waals surface area contributed by atoms with Crippen molar-refractivity contribution >= 4 is 33.0 Å². The minimum Gasteiger partial charge on any atom is -0.349 e. The van der Waals surface area contributed by atoms with Gasteiger partial charge in [0.25, 0.3) is 5.56 Å². The second-order valence-corrected chi connectivity index (χ2v) is 7.11. The van der Waals surface area contributed by atoms with Gasteiger partial charge in [-0.3, -0.25) is 9.59 Å². The van der Waals surface area contributed by atoms with E-state index in [0.29, 0.717) is 16.8 Å². The highest BCUT2D eigenvalue weighted by Gasteiger charge is 2.12. The molecule has 3 aromatic heterocycles. The molecular weight excluding hydrogens is 352 g/mol. The zero-order chi connectivity index (χ0) is 18.3. The second kappa shape index (κ2) is 6.34. The van der Waals surface area contributed by atoms with Gasteiger partial charge in [-0.15, -0.1) is 0 Å². The molecule has 9 heteroatoms. The number of benzene rings is 1. The number of amides is 1. The molecule has 0 saturated carbocycles. The Kier molecular flexibility index (Phi) is 4.00. The van der Waals surface area contributed by atoms with Crippen LogP contribution in [-0.2, 0) is 17.9 Å². The fraction of sp³-hybridized carbons (Fsp3) is 0.235. The number of carbonyl (C=O) groups excluding carboxylic acids is 1. The third kappa shape index (κ3) is 2.97. The van der Waals surface area contributed by atoms with E-state index < -0.39 is 0 Å². The van der Waals surface area contributed by atoms with Gasteiger partial charge in [-0.1, -0.05) is 29.5 Å². The Bertz CT molecular complexity index is 1160. The average Bonchev–Trinajstić information content (AvgIpc) is 3.14. The van der Waals surface area contributed by atoms with E-state index in [1.807, 2.05) is 26.0 Å². The van der Waals surface area contributed by atoms with Crippen LogP contribution in [0.5, 0.6) is 0 Å². The van der Waals surface area contributed by atoms with Crippen molar-refractivity contribution in [1.82, 2.24) is 29.7 Å². The van der Waals surface area contributed by atoms with Crippen LogP contribution in [0.2, 0.25) is 0 Å². The predicted molar refractivity (Wildman–Crippen MR) is 98.2 cm³/mol. The van der Waals surface area contributed by atoms with E-state index in [0.717, 1.165) is 15.4 Å². The van der Waals surface area contributed by atoms with Crippen molar-refractivity contribution in [3.05, 3.63) is 57.2 Å². The summed E-state index contributed by atoms with van der Waals surface area (Å²) in [4.78, 5) is 29.9. The minimum absolute atomic E-state index is 0.135. The Balaban J connectivity index is 1.49. The van der Waals surface area contributed by atoms with Crippen molar-refractivity contribution in [3.63, 3.8) is 0 Å². The predicted octanol–water partition coefficient (Wildman–Crippen LogP) is 1.43. The molecule has 0 atom stereocenters. The van der Waals surface area contributed by atoms with Crippen molar-refractivity contribution in [2.75, 3.05) is 0 Å². The number of hydrogen-bond donors (Lipinski definition) is 1. The first-order valence-electron chi connectivity index (χ1n) is 8.06. The van der Waals surface area contributed by atoms with Gasteiger partial charge in [0.2, 0.25) is 10.9 Å². The standard InChI is InChI=1S/C17H16N6O2S/c1-10-13-5-3-4-6-14(13)16(25)22(20-10)9-15(24)18-7-12-8-23-17(19-12)26-11(2)21-23/h3-6,8H,7,9H2,1-2H3,(H,18,24). The highest BCUT2D eigenvalue weighted by Crippen LogP contribution is 2.13. The summed E-state index contributed by atoms with van der Waals surface area (Å²) >= 11 is 1.49. The fourth-order valence-corrected chi connectivity index (χ4v) is 3.57. The quantitative estimate of drug-likeness (QED) is 0.588. The van der Waals surface area contributed by atoms with Crippen molar-refractivity contribution in [1.29, 1.82) is 0 Å².